The number of carbonyl (C=O) groups is 1. The molecule has 1 rings (SSSR count). The van der Waals surface area contributed by atoms with Gasteiger partial charge in [-0.3, -0.25) is 14.9 Å². The second kappa shape index (κ2) is 7.11. The van der Waals surface area contributed by atoms with Crippen molar-refractivity contribution in [3.63, 3.8) is 0 Å². The fourth-order valence-electron chi connectivity index (χ4n) is 1.35. The van der Waals surface area contributed by atoms with Gasteiger partial charge in [0, 0.05) is 25.4 Å². The first-order chi connectivity index (χ1) is 9.74. The number of nitro groups is 1. The minimum atomic E-state index is -4.37. The van der Waals surface area contributed by atoms with Crippen molar-refractivity contribution in [3.05, 3.63) is 27.9 Å². The molecule has 1 aromatic rings. The second-order valence-electron chi connectivity index (χ2n) is 3.65. The Morgan fingerprint density at radius 2 is 2.19 bits per heavy atom. The van der Waals surface area contributed by atoms with E-state index in [0.717, 1.165) is 12.3 Å². The lowest BCUT2D eigenvalue weighted by molar-refractivity contribution is -0.385. The van der Waals surface area contributed by atoms with Crippen LogP contribution in [0.3, 0.4) is 0 Å². The van der Waals surface area contributed by atoms with Gasteiger partial charge in [0.05, 0.1) is 10.5 Å². The summed E-state index contributed by atoms with van der Waals surface area (Å²) in [6.07, 6.45) is 0.974. The molecule has 0 atom stereocenters. The first-order valence-electron chi connectivity index (χ1n) is 5.55. The monoisotopic (exact) mass is 324 g/mol. The number of anilines is 1. The molecule has 2 N–H and O–H groups in total. The van der Waals surface area contributed by atoms with Crippen LogP contribution in [0.15, 0.2) is 12.3 Å². The summed E-state index contributed by atoms with van der Waals surface area (Å²) in [7, 11) is 1.46. The van der Waals surface area contributed by atoms with E-state index in [9.17, 15) is 28.1 Å². The molecule has 1 aromatic heterocycles. The number of nitrogens with zero attached hydrogens (tertiary/aromatic N) is 2. The molecule has 0 aliphatic heterocycles. The maximum Gasteiger partial charge on any atom is 0.441 e. The van der Waals surface area contributed by atoms with Gasteiger partial charge < -0.3 is 10.6 Å². The van der Waals surface area contributed by atoms with Crippen LogP contribution in [-0.2, 0) is 0 Å². The molecule has 0 aliphatic rings. The topological polar surface area (TPSA) is 97.2 Å². The molecule has 1 heterocycles. The highest BCUT2D eigenvalue weighted by Crippen LogP contribution is 2.29. The van der Waals surface area contributed by atoms with E-state index in [0.29, 0.717) is 0 Å². The highest BCUT2D eigenvalue weighted by molar-refractivity contribution is 8.00. The molecule has 11 heteroatoms. The Bertz CT molecular complexity index is 539. The van der Waals surface area contributed by atoms with Crippen LogP contribution in [0.1, 0.15) is 10.4 Å². The summed E-state index contributed by atoms with van der Waals surface area (Å²) < 4.78 is 35.8. The number of alkyl halides is 3. The highest BCUT2D eigenvalue weighted by Gasteiger charge is 2.27. The van der Waals surface area contributed by atoms with E-state index in [2.05, 4.69) is 15.6 Å². The van der Waals surface area contributed by atoms with Crippen LogP contribution in [-0.4, -0.2) is 40.7 Å². The number of amides is 1. The minimum Gasteiger partial charge on any atom is -0.372 e. The van der Waals surface area contributed by atoms with Crippen LogP contribution in [0.2, 0.25) is 0 Å². The molecule has 0 fully saturated rings. The van der Waals surface area contributed by atoms with Crippen LogP contribution < -0.4 is 10.6 Å². The zero-order valence-electron chi connectivity index (χ0n) is 10.7. The molecule has 0 saturated heterocycles. The molecule has 116 valence electrons. The van der Waals surface area contributed by atoms with Gasteiger partial charge in [-0.2, -0.15) is 13.2 Å². The van der Waals surface area contributed by atoms with Gasteiger partial charge in [0.15, 0.2) is 0 Å². The lowest BCUT2D eigenvalue weighted by Gasteiger charge is -2.09. The van der Waals surface area contributed by atoms with Gasteiger partial charge in [0.2, 0.25) is 0 Å². The lowest BCUT2D eigenvalue weighted by Crippen LogP contribution is -2.27. The number of hydrogen-bond donors (Lipinski definition) is 2. The molecule has 0 bridgehead atoms. The molecule has 0 aliphatic carbocycles. The SMILES string of the molecule is CNc1ncc([N+](=O)[O-])cc1C(=O)NCCSC(F)(F)F. The zero-order valence-corrected chi connectivity index (χ0v) is 11.5. The van der Waals surface area contributed by atoms with Crippen molar-refractivity contribution in [1.29, 1.82) is 0 Å². The van der Waals surface area contributed by atoms with Crippen LogP contribution in [0.4, 0.5) is 24.7 Å². The number of carbonyl (C=O) groups excluding carboxylic acids is 1. The Morgan fingerprint density at radius 3 is 2.71 bits per heavy atom. The van der Waals surface area contributed by atoms with Gasteiger partial charge in [-0.15, -0.1) is 0 Å². The van der Waals surface area contributed by atoms with E-state index < -0.39 is 16.3 Å². The van der Waals surface area contributed by atoms with Crippen molar-refractivity contribution in [3.8, 4) is 0 Å². The number of halogens is 3. The summed E-state index contributed by atoms with van der Waals surface area (Å²) in [6.45, 7) is -0.227. The van der Waals surface area contributed by atoms with Gasteiger partial charge in [-0.25, -0.2) is 4.98 Å². The molecule has 0 radical (unpaired) electrons. The first kappa shape index (κ1) is 17.0. The number of thioether (sulfide) groups is 1. The molecular weight excluding hydrogens is 313 g/mol. The van der Waals surface area contributed by atoms with Crippen LogP contribution in [0, 0.1) is 10.1 Å². The lowest BCUT2D eigenvalue weighted by atomic mass is 10.2. The molecule has 0 spiro atoms. The molecule has 1 amide bonds. The van der Waals surface area contributed by atoms with Crippen LogP contribution in [0.5, 0.6) is 0 Å². The van der Waals surface area contributed by atoms with Crippen LogP contribution >= 0.6 is 11.8 Å². The number of aromatic nitrogens is 1. The summed E-state index contributed by atoms with van der Waals surface area (Å²) in [5.41, 5.74) is -4.86. The summed E-state index contributed by atoms with van der Waals surface area (Å²) in [5.74, 6) is -0.994. The second-order valence-corrected chi connectivity index (χ2v) is 4.81. The van der Waals surface area contributed by atoms with Crippen molar-refractivity contribution >= 4 is 29.2 Å². The summed E-state index contributed by atoms with van der Waals surface area (Å²) >= 11 is -0.265. The Kier molecular flexibility index (Phi) is 5.76. The van der Waals surface area contributed by atoms with E-state index in [1.165, 1.54) is 7.05 Å². The Morgan fingerprint density at radius 1 is 1.52 bits per heavy atom. The predicted octanol–water partition coefficient (Wildman–Crippen LogP) is 2.01. The Labute approximate surface area is 121 Å². The third-order valence-corrected chi connectivity index (χ3v) is 2.95. The normalized spacial score (nSPS) is 11.0. The van der Waals surface area contributed by atoms with Crippen molar-refractivity contribution in [2.45, 2.75) is 5.51 Å². The van der Waals surface area contributed by atoms with E-state index >= 15 is 0 Å². The molecule has 0 aromatic carbocycles. The van der Waals surface area contributed by atoms with Gasteiger partial charge in [-0.1, -0.05) is 0 Å². The minimum absolute atomic E-state index is 0.0987. The first-order valence-corrected chi connectivity index (χ1v) is 6.54. The Hall–Kier alpha value is -2.04. The van der Waals surface area contributed by atoms with Gasteiger partial charge >= 0.3 is 5.51 Å². The number of nitrogens with one attached hydrogen (secondary N) is 2. The van der Waals surface area contributed by atoms with Gasteiger partial charge in [-0.05, 0) is 11.8 Å². The van der Waals surface area contributed by atoms with Crippen molar-refractivity contribution in [2.24, 2.45) is 0 Å². The van der Waals surface area contributed by atoms with Crippen molar-refractivity contribution < 1.29 is 22.9 Å². The van der Waals surface area contributed by atoms with Gasteiger partial charge in [0.25, 0.3) is 11.6 Å². The quantitative estimate of drug-likeness (QED) is 0.472. The van der Waals surface area contributed by atoms with E-state index in [4.69, 9.17) is 0 Å². The third kappa shape index (κ3) is 5.45. The molecule has 0 saturated carbocycles. The average Bonchev–Trinajstić information content (AvgIpc) is 2.41. The Balaban J connectivity index is 2.72. The fourth-order valence-corrected chi connectivity index (χ4v) is 1.79. The maximum absolute atomic E-state index is 11.9. The standard InChI is InChI=1S/C10H11F3N4O3S/c1-14-8-7(4-6(5-16-8)17(19)20)9(18)15-2-3-21-10(11,12)13/h4-5H,2-3H2,1H3,(H,14,16)(H,15,18). The van der Waals surface area contributed by atoms with Crippen molar-refractivity contribution in [1.82, 2.24) is 10.3 Å². The summed E-state index contributed by atoms with van der Waals surface area (Å²) in [6, 6.07) is 1.01. The van der Waals surface area contributed by atoms with E-state index in [1.807, 2.05) is 0 Å². The highest BCUT2D eigenvalue weighted by atomic mass is 32.2. The van der Waals surface area contributed by atoms with E-state index in [1.54, 1.807) is 0 Å². The molecule has 7 nitrogen and oxygen atoms in total. The molecule has 0 unspecified atom stereocenters. The van der Waals surface area contributed by atoms with E-state index in [-0.39, 0.29) is 41.1 Å². The third-order valence-electron chi connectivity index (χ3n) is 2.22. The maximum atomic E-state index is 11.9. The number of rotatable bonds is 6. The van der Waals surface area contributed by atoms with Crippen LogP contribution in [0.25, 0.3) is 0 Å². The summed E-state index contributed by atoms with van der Waals surface area (Å²) in [4.78, 5) is 25.4. The molecule has 21 heavy (non-hydrogen) atoms. The largest absolute Gasteiger partial charge is 0.441 e. The average molecular weight is 324 g/mol. The zero-order chi connectivity index (χ0) is 16.0. The van der Waals surface area contributed by atoms with Crippen molar-refractivity contribution in [2.75, 3.05) is 24.7 Å². The molecular formula is C10H11F3N4O3S. The summed E-state index contributed by atoms with van der Waals surface area (Å²) in [5, 5.41) is 15.5. The predicted molar refractivity (Wildman–Crippen MR) is 71.3 cm³/mol. The fraction of sp³-hybridized carbons (Fsp3) is 0.400. The number of pyridine rings is 1. The number of hydrogen-bond acceptors (Lipinski definition) is 6. The smallest absolute Gasteiger partial charge is 0.372 e. The van der Waals surface area contributed by atoms with Gasteiger partial charge in [0.1, 0.15) is 12.0 Å².